The molecule has 1 fully saturated rings. The topological polar surface area (TPSA) is 84.4 Å². The van der Waals surface area contributed by atoms with Crippen molar-refractivity contribution in [2.24, 2.45) is 0 Å². The van der Waals surface area contributed by atoms with Gasteiger partial charge in [-0.15, -0.1) is 0 Å². The number of amides is 2. The van der Waals surface area contributed by atoms with Gasteiger partial charge in [-0.3, -0.25) is 9.69 Å². The van der Waals surface area contributed by atoms with E-state index in [1.807, 2.05) is 0 Å². The van der Waals surface area contributed by atoms with Crippen molar-refractivity contribution in [3.05, 3.63) is 47.9 Å². The first-order chi connectivity index (χ1) is 15.0. The van der Waals surface area contributed by atoms with Gasteiger partial charge in [0.2, 0.25) is 5.91 Å². The Bertz CT molecular complexity index is 964. The van der Waals surface area contributed by atoms with Gasteiger partial charge in [-0.2, -0.15) is 0 Å². The molecular formula is C22H25F3N4O3. The monoisotopic (exact) mass is 450 g/mol. The zero-order valence-corrected chi connectivity index (χ0v) is 18.0. The van der Waals surface area contributed by atoms with Gasteiger partial charge in [0.15, 0.2) is 0 Å². The highest BCUT2D eigenvalue weighted by Gasteiger charge is 2.43. The van der Waals surface area contributed by atoms with Crippen molar-refractivity contribution in [2.75, 3.05) is 6.54 Å². The van der Waals surface area contributed by atoms with Gasteiger partial charge in [0.25, 0.3) is 6.43 Å². The molecule has 3 rings (SSSR count). The number of rotatable bonds is 5. The Morgan fingerprint density at radius 1 is 1.22 bits per heavy atom. The molecule has 7 nitrogen and oxygen atoms in total. The lowest BCUT2D eigenvalue weighted by molar-refractivity contribution is -0.127. The van der Waals surface area contributed by atoms with E-state index >= 15 is 0 Å². The maximum atomic E-state index is 14.4. The fourth-order valence-corrected chi connectivity index (χ4v) is 3.32. The maximum absolute atomic E-state index is 14.4. The minimum Gasteiger partial charge on any atom is -0.444 e. The number of carbonyl (C=O) groups excluding carboxylic acids is 2. The number of alkyl halides is 3. The van der Waals surface area contributed by atoms with Gasteiger partial charge in [0, 0.05) is 17.7 Å². The highest BCUT2D eigenvalue weighted by atomic mass is 19.3. The second-order valence-electron chi connectivity index (χ2n) is 8.46. The summed E-state index contributed by atoms with van der Waals surface area (Å²) in [6.45, 7) is 5.14. The predicted octanol–water partition coefficient (Wildman–Crippen LogP) is 4.04. The average Bonchev–Trinajstić information content (AvgIpc) is 3.13. The van der Waals surface area contributed by atoms with Crippen molar-refractivity contribution in [2.45, 2.75) is 58.0 Å². The molecule has 10 heteroatoms. The molecule has 172 valence electrons. The molecule has 1 saturated heterocycles. The minimum absolute atomic E-state index is 0.0190. The third kappa shape index (κ3) is 5.74. The zero-order valence-electron chi connectivity index (χ0n) is 18.0. The van der Waals surface area contributed by atoms with Crippen molar-refractivity contribution in [3.8, 4) is 11.3 Å². The van der Waals surface area contributed by atoms with Crippen LogP contribution in [0.1, 0.15) is 44.9 Å². The van der Waals surface area contributed by atoms with E-state index in [-0.39, 0.29) is 25.1 Å². The fraction of sp³-hybridized carbons (Fsp3) is 0.455. The molecule has 0 bridgehead atoms. The number of hydrogen-bond acceptors (Lipinski definition) is 5. The number of aromatic nitrogens is 2. The van der Waals surface area contributed by atoms with Gasteiger partial charge >= 0.3 is 6.09 Å². The summed E-state index contributed by atoms with van der Waals surface area (Å²) in [7, 11) is 0. The Morgan fingerprint density at radius 2 is 1.91 bits per heavy atom. The number of nitrogens with zero attached hydrogens (tertiary/aromatic N) is 3. The second kappa shape index (κ2) is 9.54. The Labute approximate surface area is 184 Å². The van der Waals surface area contributed by atoms with Crippen molar-refractivity contribution < 1.29 is 27.5 Å². The summed E-state index contributed by atoms with van der Waals surface area (Å²) >= 11 is 0. The van der Waals surface area contributed by atoms with Crippen molar-refractivity contribution in [1.82, 2.24) is 20.2 Å². The first-order valence-corrected chi connectivity index (χ1v) is 10.2. The van der Waals surface area contributed by atoms with E-state index < -0.39 is 36.2 Å². The molecule has 1 aromatic carbocycles. The fourth-order valence-electron chi connectivity index (χ4n) is 3.32. The zero-order chi connectivity index (χ0) is 23.5. The van der Waals surface area contributed by atoms with Gasteiger partial charge in [-0.05, 0) is 33.3 Å². The van der Waals surface area contributed by atoms with Crippen LogP contribution < -0.4 is 5.32 Å². The first-order valence-electron chi connectivity index (χ1n) is 10.2. The van der Waals surface area contributed by atoms with Gasteiger partial charge in [-0.25, -0.2) is 27.9 Å². The van der Waals surface area contributed by atoms with Crippen LogP contribution in [0.4, 0.5) is 18.0 Å². The molecule has 0 radical (unpaired) electrons. The lowest BCUT2D eigenvalue weighted by Gasteiger charge is -2.28. The van der Waals surface area contributed by atoms with E-state index in [9.17, 15) is 22.8 Å². The van der Waals surface area contributed by atoms with Crippen LogP contribution >= 0.6 is 0 Å². The molecule has 0 spiro atoms. The minimum atomic E-state index is -2.56. The highest BCUT2D eigenvalue weighted by molar-refractivity contribution is 5.87. The Morgan fingerprint density at radius 3 is 2.53 bits per heavy atom. The van der Waals surface area contributed by atoms with Crippen molar-refractivity contribution in [1.29, 1.82) is 0 Å². The number of benzene rings is 1. The third-order valence-electron chi connectivity index (χ3n) is 4.85. The van der Waals surface area contributed by atoms with Crippen molar-refractivity contribution in [3.63, 3.8) is 0 Å². The predicted molar refractivity (Wildman–Crippen MR) is 111 cm³/mol. The Kier molecular flexibility index (Phi) is 7.00. The molecule has 2 unspecified atom stereocenters. The molecule has 1 aromatic heterocycles. The van der Waals surface area contributed by atoms with E-state index in [2.05, 4.69) is 15.3 Å². The molecule has 0 saturated carbocycles. The third-order valence-corrected chi connectivity index (χ3v) is 4.85. The lowest BCUT2D eigenvalue weighted by atomic mass is 10.1. The number of nitrogens with one attached hydrogen (secondary N) is 1. The number of hydrogen-bond donors (Lipinski definition) is 1. The van der Waals surface area contributed by atoms with E-state index in [0.29, 0.717) is 17.0 Å². The largest absolute Gasteiger partial charge is 0.444 e. The number of likely N-dealkylation sites (tertiary alicyclic amines) is 1. The lowest BCUT2D eigenvalue weighted by Crippen LogP contribution is -2.50. The molecule has 2 atom stereocenters. The van der Waals surface area contributed by atoms with Crippen LogP contribution in [0.3, 0.4) is 0 Å². The van der Waals surface area contributed by atoms with Gasteiger partial charge < -0.3 is 10.1 Å². The van der Waals surface area contributed by atoms with E-state index in [4.69, 9.17) is 4.74 Å². The van der Waals surface area contributed by atoms with Crippen LogP contribution in [0.15, 0.2) is 36.7 Å². The number of carbonyl (C=O) groups is 2. The summed E-state index contributed by atoms with van der Waals surface area (Å²) in [6, 6.07) is 6.00. The average molecular weight is 450 g/mol. The summed E-state index contributed by atoms with van der Waals surface area (Å²) in [5, 5.41) is 2.60. The van der Waals surface area contributed by atoms with E-state index in [0.717, 1.165) is 4.90 Å². The van der Waals surface area contributed by atoms with Gasteiger partial charge in [-0.1, -0.05) is 24.3 Å². The first kappa shape index (κ1) is 23.5. The quantitative estimate of drug-likeness (QED) is 0.743. The number of ether oxygens (including phenoxy) is 1. The van der Waals surface area contributed by atoms with Crippen LogP contribution in [0, 0.1) is 0 Å². The van der Waals surface area contributed by atoms with Crippen LogP contribution in [-0.2, 0) is 16.1 Å². The normalized spacial score (nSPS) is 18.7. The SMILES string of the molecule is CC(C)(C)OC(=O)N1CCC(F)C1C(=O)NCc1cc(-c2ccc(C(F)F)cc2)ncn1. The summed E-state index contributed by atoms with van der Waals surface area (Å²) in [4.78, 5) is 34.3. The summed E-state index contributed by atoms with van der Waals surface area (Å²) < 4.78 is 45.1. The van der Waals surface area contributed by atoms with Gasteiger partial charge in [0.1, 0.15) is 24.1 Å². The molecule has 2 amide bonds. The molecule has 2 aromatic rings. The van der Waals surface area contributed by atoms with Gasteiger partial charge in [0.05, 0.1) is 17.9 Å². The number of halogens is 3. The summed E-state index contributed by atoms with van der Waals surface area (Å²) in [5.41, 5.74) is 0.683. The molecule has 2 heterocycles. The molecule has 1 aliphatic rings. The summed E-state index contributed by atoms with van der Waals surface area (Å²) in [6.07, 6.45) is -3.47. The smallest absolute Gasteiger partial charge is 0.411 e. The van der Waals surface area contributed by atoms with Crippen molar-refractivity contribution >= 4 is 12.0 Å². The maximum Gasteiger partial charge on any atom is 0.411 e. The summed E-state index contributed by atoms with van der Waals surface area (Å²) in [5.74, 6) is -0.651. The standard InChI is InChI=1S/C22H25F3N4O3/c1-22(2,3)32-21(31)29-9-8-16(23)18(29)20(30)26-11-15-10-17(28-12-27-15)13-4-6-14(7-5-13)19(24)25/h4-7,10,12,16,18-19H,8-9,11H2,1-3H3,(H,26,30). The van der Waals surface area contributed by atoms with Crippen LogP contribution in [0.5, 0.6) is 0 Å². The van der Waals surface area contributed by atoms with E-state index in [1.165, 1.54) is 30.6 Å². The molecule has 1 aliphatic heterocycles. The van der Waals surface area contributed by atoms with E-state index in [1.54, 1.807) is 26.8 Å². The molecule has 1 N–H and O–H groups in total. The highest BCUT2D eigenvalue weighted by Crippen LogP contribution is 2.25. The Hall–Kier alpha value is -3.17. The van der Waals surface area contributed by atoms with Crippen LogP contribution in [-0.4, -0.2) is 51.2 Å². The molecular weight excluding hydrogens is 425 g/mol. The molecule has 0 aliphatic carbocycles. The van der Waals surface area contributed by atoms with Crippen LogP contribution in [0.2, 0.25) is 0 Å². The van der Waals surface area contributed by atoms with Crippen LogP contribution in [0.25, 0.3) is 11.3 Å². The second-order valence-corrected chi connectivity index (χ2v) is 8.46. The Balaban J connectivity index is 1.66. The molecule has 32 heavy (non-hydrogen) atoms.